The van der Waals surface area contributed by atoms with Crippen LogP contribution in [0.4, 0.5) is 19.0 Å². The summed E-state index contributed by atoms with van der Waals surface area (Å²) in [7, 11) is 0. The van der Waals surface area contributed by atoms with Gasteiger partial charge < -0.3 is 15.7 Å². The number of amides is 1. The number of aliphatic hydroxyl groups is 1. The van der Waals surface area contributed by atoms with Crippen molar-refractivity contribution in [2.75, 3.05) is 5.73 Å². The number of nitrogens with one attached hydrogen (secondary N) is 1. The molecule has 0 saturated carbocycles. The highest BCUT2D eigenvalue weighted by Crippen LogP contribution is 2.45. The maximum absolute atomic E-state index is 13.1. The molecule has 40 heavy (non-hydrogen) atoms. The molecule has 3 atom stereocenters. The summed E-state index contributed by atoms with van der Waals surface area (Å²) < 4.78 is 40.0. The molecular formula is C25H24F3N9O3. The predicted molar refractivity (Wildman–Crippen MR) is 133 cm³/mol. The van der Waals surface area contributed by atoms with Gasteiger partial charge in [-0.15, -0.1) is 0 Å². The van der Waals surface area contributed by atoms with E-state index in [1.165, 1.54) is 36.2 Å². The Balaban J connectivity index is 1.37. The molecule has 0 radical (unpaired) electrons. The number of aromatic amines is 1. The van der Waals surface area contributed by atoms with Crippen molar-refractivity contribution in [1.29, 1.82) is 0 Å². The molecule has 0 aromatic carbocycles. The first kappa shape index (κ1) is 25.9. The summed E-state index contributed by atoms with van der Waals surface area (Å²) in [6, 6.07) is 2.31. The monoisotopic (exact) mass is 555 g/mol. The van der Waals surface area contributed by atoms with E-state index in [1.54, 1.807) is 0 Å². The van der Waals surface area contributed by atoms with Gasteiger partial charge in [0.2, 0.25) is 5.82 Å². The zero-order valence-corrected chi connectivity index (χ0v) is 21.1. The number of hydrogen-bond acceptors (Lipinski definition) is 9. The number of aromatic nitrogens is 7. The van der Waals surface area contributed by atoms with Crippen molar-refractivity contribution in [2.45, 2.75) is 62.9 Å². The van der Waals surface area contributed by atoms with Gasteiger partial charge in [-0.2, -0.15) is 27.9 Å². The number of aliphatic hydroxyl groups excluding tert-OH is 1. The maximum atomic E-state index is 13.1. The first-order valence-electron chi connectivity index (χ1n) is 12.6. The molecule has 2 bridgehead atoms. The van der Waals surface area contributed by atoms with Gasteiger partial charge in [-0.1, -0.05) is 6.07 Å². The Bertz CT molecular complexity index is 1590. The van der Waals surface area contributed by atoms with Crippen LogP contribution in [0.1, 0.15) is 77.0 Å². The first-order chi connectivity index (χ1) is 19.0. The van der Waals surface area contributed by atoms with Crippen LogP contribution in [0.15, 0.2) is 30.9 Å². The highest BCUT2D eigenvalue weighted by molar-refractivity contribution is 6.00. The lowest BCUT2D eigenvalue weighted by Gasteiger charge is -2.38. The minimum absolute atomic E-state index is 0.0819. The molecule has 15 heteroatoms. The third-order valence-corrected chi connectivity index (χ3v) is 7.72. The number of anilines is 1. The van der Waals surface area contributed by atoms with Crippen LogP contribution in [0.5, 0.6) is 0 Å². The second kappa shape index (κ2) is 9.36. The number of hydrogen-bond donors (Lipinski definition) is 3. The molecule has 4 aromatic rings. The van der Waals surface area contributed by atoms with E-state index in [0.29, 0.717) is 35.3 Å². The van der Waals surface area contributed by atoms with E-state index in [-0.39, 0.29) is 46.9 Å². The Hall–Kier alpha value is -4.40. The molecule has 0 aliphatic carbocycles. The van der Waals surface area contributed by atoms with Crippen molar-refractivity contribution in [3.05, 3.63) is 53.6 Å². The summed E-state index contributed by atoms with van der Waals surface area (Å²) in [5, 5.41) is 20.2. The molecule has 4 N–H and O–H groups in total. The quantitative estimate of drug-likeness (QED) is 0.314. The summed E-state index contributed by atoms with van der Waals surface area (Å²) in [4.78, 5) is 40.3. The fraction of sp³-hybridized carbons (Fsp3) is 0.400. The van der Waals surface area contributed by atoms with Crippen LogP contribution < -0.4 is 5.73 Å². The van der Waals surface area contributed by atoms with Crippen molar-refractivity contribution in [3.63, 3.8) is 0 Å². The Morgan fingerprint density at radius 2 is 1.88 bits per heavy atom. The number of fused-ring (bicyclic) bond motifs is 3. The van der Waals surface area contributed by atoms with Gasteiger partial charge in [0.25, 0.3) is 5.91 Å². The SMILES string of the molecule is CC(=O)c1c(C2CC3CCC(C2)N3C(=O)c2ncn[nH]2)nc2c(-c3ccc(C(O)C(F)(F)F)nc3)cnn2c1N. The van der Waals surface area contributed by atoms with Gasteiger partial charge in [0.05, 0.1) is 23.1 Å². The predicted octanol–water partition coefficient (Wildman–Crippen LogP) is 2.84. The zero-order valence-electron chi connectivity index (χ0n) is 21.1. The lowest BCUT2D eigenvalue weighted by atomic mass is 9.85. The molecule has 3 unspecified atom stereocenters. The second-order valence-corrected chi connectivity index (χ2v) is 10.1. The van der Waals surface area contributed by atoms with Crippen LogP contribution in [-0.4, -0.2) is 74.7 Å². The number of alkyl halides is 3. The number of rotatable bonds is 5. The summed E-state index contributed by atoms with van der Waals surface area (Å²) in [5.74, 6) is -0.396. The van der Waals surface area contributed by atoms with Gasteiger partial charge >= 0.3 is 6.18 Å². The molecule has 0 spiro atoms. The van der Waals surface area contributed by atoms with Gasteiger partial charge in [-0.05, 0) is 38.7 Å². The van der Waals surface area contributed by atoms with Crippen LogP contribution >= 0.6 is 0 Å². The van der Waals surface area contributed by atoms with Crippen LogP contribution in [0.25, 0.3) is 16.8 Å². The molecular weight excluding hydrogens is 531 g/mol. The highest BCUT2D eigenvalue weighted by atomic mass is 19.4. The molecule has 2 fully saturated rings. The van der Waals surface area contributed by atoms with E-state index in [0.717, 1.165) is 18.9 Å². The molecule has 6 heterocycles. The smallest absolute Gasteiger partial charge is 0.383 e. The summed E-state index contributed by atoms with van der Waals surface area (Å²) in [5.41, 5.74) is 7.83. The summed E-state index contributed by atoms with van der Waals surface area (Å²) in [6.07, 6.45) is -0.891. The fourth-order valence-electron chi connectivity index (χ4n) is 5.95. The number of halogens is 3. The maximum Gasteiger partial charge on any atom is 0.420 e. The number of pyridine rings is 1. The molecule has 2 aliphatic heterocycles. The average Bonchev–Trinajstić information content (AvgIpc) is 3.65. The van der Waals surface area contributed by atoms with Crippen LogP contribution in [0.3, 0.4) is 0 Å². The standard InChI is InChI=1S/C25H24F3N9O3/c1-11(38)18-19(13-6-14-3-4-15(7-13)36(14)24(40)22-31-10-32-35-22)34-23-16(9-33-37(23)21(18)29)12-2-5-17(30-8-12)20(39)25(26,27)28/h2,5,8-10,13-15,20,39H,3-4,6-7,29H2,1H3,(H,31,32,35). The third-order valence-electron chi connectivity index (χ3n) is 7.72. The normalized spacial score (nSPS) is 21.6. The largest absolute Gasteiger partial charge is 0.420 e. The van der Waals surface area contributed by atoms with E-state index in [1.807, 2.05) is 4.90 Å². The van der Waals surface area contributed by atoms with Crippen molar-refractivity contribution in [2.24, 2.45) is 0 Å². The molecule has 208 valence electrons. The molecule has 2 saturated heterocycles. The first-order valence-corrected chi connectivity index (χ1v) is 12.6. The van der Waals surface area contributed by atoms with E-state index < -0.39 is 18.0 Å². The molecule has 4 aromatic heterocycles. The van der Waals surface area contributed by atoms with Crippen LogP contribution in [-0.2, 0) is 0 Å². The van der Waals surface area contributed by atoms with Gasteiger partial charge in [0.1, 0.15) is 12.1 Å². The number of H-pyrrole nitrogens is 1. The number of carbonyl (C=O) groups excluding carboxylic acids is 2. The summed E-state index contributed by atoms with van der Waals surface area (Å²) in [6.45, 7) is 1.40. The van der Waals surface area contributed by atoms with Gasteiger partial charge in [0, 0.05) is 35.3 Å². The van der Waals surface area contributed by atoms with E-state index in [9.17, 15) is 27.9 Å². The third kappa shape index (κ3) is 4.16. The number of nitrogens with two attached hydrogens (primary N) is 1. The van der Waals surface area contributed by atoms with Crippen molar-refractivity contribution in [1.82, 2.24) is 39.7 Å². The van der Waals surface area contributed by atoms with Crippen molar-refractivity contribution < 1.29 is 27.9 Å². The number of piperidine rings is 1. The Morgan fingerprint density at radius 1 is 1.15 bits per heavy atom. The highest BCUT2D eigenvalue weighted by Gasteiger charge is 2.46. The van der Waals surface area contributed by atoms with Gasteiger partial charge in [-0.25, -0.2) is 9.97 Å². The number of nitrogens with zero attached hydrogens (tertiary/aromatic N) is 7. The molecule has 6 rings (SSSR count). The Labute approximate surface area is 224 Å². The van der Waals surface area contributed by atoms with Gasteiger partial charge in [-0.3, -0.25) is 19.7 Å². The second-order valence-electron chi connectivity index (χ2n) is 10.1. The minimum atomic E-state index is -4.85. The topological polar surface area (TPSA) is 168 Å². The fourth-order valence-corrected chi connectivity index (χ4v) is 5.95. The van der Waals surface area contributed by atoms with E-state index >= 15 is 0 Å². The lowest BCUT2D eigenvalue weighted by molar-refractivity contribution is -0.207. The minimum Gasteiger partial charge on any atom is -0.383 e. The van der Waals surface area contributed by atoms with Crippen LogP contribution in [0.2, 0.25) is 0 Å². The number of Topliss-reactive ketones (excluding diaryl/α,β-unsaturated/α-hetero) is 1. The lowest BCUT2D eigenvalue weighted by Crippen LogP contribution is -2.46. The number of carbonyl (C=O) groups is 2. The Kier molecular flexibility index (Phi) is 6.05. The average molecular weight is 556 g/mol. The van der Waals surface area contributed by atoms with Crippen molar-refractivity contribution in [3.8, 4) is 11.1 Å². The summed E-state index contributed by atoms with van der Waals surface area (Å²) >= 11 is 0. The Morgan fingerprint density at radius 3 is 2.45 bits per heavy atom. The number of nitrogen functional groups attached to an aromatic ring is 1. The van der Waals surface area contributed by atoms with Crippen LogP contribution in [0, 0.1) is 0 Å². The molecule has 1 amide bonds. The zero-order chi connectivity index (χ0) is 28.3. The van der Waals surface area contributed by atoms with E-state index in [2.05, 4.69) is 25.3 Å². The molecule has 2 aliphatic rings. The number of ketones is 1. The van der Waals surface area contributed by atoms with E-state index in [4.69, 9.17) is 10.7 Å². The van der Waals surface area contributed by atoms with Crippen molar-refractivity contribution >= 4 is 23.2 Å². The van der Waals surface area contributed by atoms with Gasteiger partial charge in [0.15, 0.2) is 17.5 Å². The molecule has 12 nitrogen and oxygen atoms in total.